The Morgan fingerprint density at radius 3 is 2.53 bits per heavy atom. The molecule has 1 rings (SSSR count). The van der Waals surface area contributed by atoms with E-state index in [0.29, 0.717) is 6.04 Å². The van der Waals surface area contributed by atoms with Crippen LogP contribution in [0.2, 0.25) is 5.02 Å². The molecule has 1 aromatic rings. The minimum absolute atomic E-state index is 0.360. The highest BCUT2D eigenvalue weighted by atomic mass is 35.5. The van der Waals surface area contributed by atoms with Crippen LogP contribution in [0, 0.1) is 5.92 Å². The zero-order chi connectivity index (χ0) is 14.3. The fourth-order valence-corrected chi connectivity index (χ4v) is 2.38. The third kappa shape index (κ3) is 5.94. The molecule has 0 saturated carbocycles. The molecule has 0 aliphatic rings. The molecule has 108 valence electrons. The van der Waals surface area contributed by atoms with E-state index in [1.165, 1.54) is 5.56 Å². The second-order valence-electron chi connectivity index (χ2n) is 5.63. The minimum Gasteiger partial charge on any atom is -0.316 e. The smallest absolute Gasteiger partial charge is 0.0453 e. The molecule has 0 spiro atoms. The van der Waals surface area contributed by atoms with Crippen LogP contribution in [-0.2, 0) is 0 Å². The Morgan fingerprint density at radius 2 is 1.89 bits per heavy atom. The molecule has 0 saturated heterocycles. The zero-order valence-electron chi connectivity index (χ0n) is 12.6. The summed E-state index contributed by atoms with van der Waals surface area (Å²) in [6.45, 7) is 9.94. The first-order chi connectivity index (χ1) is 9.02. The summed E-state index contributed by atoms with van der Waals surface area (Å²) in [4.78, 5) is 2.36. The van der Waals surface area contributed by atoms with Crippen LogP contribution in [0.3, 0.4) is 0 Å². The molecular weight excluding hydrogens is 256 g/mol. The monoisotopic (exact) mass is 282 g/mol. The van der Waals surface area contributed by atoms with Gasteiger partial charge in [-0.1, -0.05) is 43.6 Å². The van der Waals surface area contributed by atoms with Gasteiger partial charge in [0.05, 0.1) is 0 Å². The Bertz CT molecular complexity index is 366. The largest absolute Gasteiger partial charge is 0.316 e. The quantitative estimate of drug-likeness (QED) is 0.726. The molecule has 0 fully saturated rings. The first kappa shape index (κ1) is 16.5. The molecule has 1 aromatic carbocycles. The molecule has 0 aliphatic carbocycles. The average Bonchev–Trinajstić information content (AvgIpc) is 2.37. The summed E-state index contributed by atoms with van der Waals surface area (Å²) in [5, 5.41) is 4.34. The summed E-state index contributed by atoms with van der Waals surface area (Å²) >= 11 is 6.24. The third-order valence-corrected chi connectivity index (χ3v) is 3.78. The lowest BCUT2D eigenvalue weighted by Gasteiger charge is -2.26. The normalized spacial score (nSPS) is 13.2. The number of hydrogen-bond acceptors (Lipinski definition) is 2. The van der Waals surface area contributed by atoms with Crippen molar-refractivity contribution >= 4 is 11.6 Å². The standard InChI is InChI=1S/C16H27ClN2/c1-13(2)12-18-10-7-11-19(4)14(3)15-8-5-6-9-16(15)17/h5-6,8-9,13-14,18H,7,10-12H2,1-4H3. The van der Waals surface area contributed by atoms with Gasteiger partial charge in [-0.25, -0.2) is 0 Å². The third-order valence-electron chi connectivity index (χ3n) is 3.43. The van der Waals surface area contributed by atoms with Crippen molar-refractivity contribution in [3.63, 3.8) is 0 Å². The van der Waals surface area contributed by atoms with Crippen LogP contribution < -0.4 is 5.32 Å². The van der Waals surface area contributed by atoms with Crippen LogP contribution in [0.4, 0.5) is 0 Å². The summed E-state index contributed by atoms with van der Waals surface area (Å²) in [6, 6.07) is 8.47. The van der Waals surface area contributed by atoms with Gasteiger partial charge in [-0.15, -0.1) is 0 Å². The number of nitrogens with one attached hydrogen (secondary N) is 1. The second kappa shape index (κ2) is 8.57. The molecule has 0 heterocycles. The van der Waals surface area contributed by atoms with Crippen LogP contribution in [0.1, 0.15) is 38.8 Å². The van der Waals surface area contributed by atoms with E-state index in [9.17, 15) is 0 Å². The molecule has 0 bridgehead atoms. The predicted molar refractivity (Wildman–Crippen MR) is 84.8 cm³/mol. The van der Waals surface area contributed by atoms with Gasteiger partial charge in [-0.3, -0.25) is 4.90 Å². The van der Waals surface area contributed by atoms with Gasteiger partial charge in [0.15, 0.2) is 0 Å². The Hall–Kier alpha value is -0.570. The number of rotatable bonds is 8. The highest BCUT2D eigenvalue weighted by molar-refractivity contribution is 6.31. The fourth-order valence-electron chi connectivity index (χ4n) is 2.09. The van der Waals surface area contributed by atoms with Crippen LogP contribution in [0.5, 0.6) is 0 Å². The molecule has 1 atom stereocenters. The Balaban J connectivity index is 2.33. The average molecular weight is 283 g/mol. The zero-order valence-corrected chi connectivity index (χ0v) is 13.4. The van der Waals surface area contributed by atoms with Gasteiger partial charge in [0.25, 0.3) is 0 Å². The van der Waals surface area contributed by atoms with Gasteiger partial charge in [0.2, 0.25) is 0 Å². The van der Waals surface area contributed by atoms with E-state index in [1.54, 1.807) is 0 Å². The molecule has 1 N–H and O–H groups in total. The fraction of sp³-hybridized carbons (Fsp3) is 0.625. The van der Waals surface area contributed by atoms with Crippen molar-refractivity contribution in [2.75, 3.05) is 26.7 Å². The minimum atomic E-state index is 0.360. The van der Waals surface area contributed by atoms with Gasteiger partial charge < -0.3 is 5.32 Å². The maximum atomic E-state index is 6.24. The molecule has 2 nitrogen and oxygen atoms in total. The number of benzene rings is 1. The highest BCUT2D eigenvalue weighted by Crippen LogP contribution is 2.25. The Morgan fingerprint density at radius 1 is 1.21 bits per heavy atom. The predicted octanol–water partition coefficient (Wildman–Crippen LogP) is 3.97. The van der Waals surface area contributed by atoms with Gasteiger partial charge in [0.1, 0.15) is 0 Å². The topological polar surface area (TPSA) is 15.3 Å². The number of nitrogens with zero attached hydrogens (tertiary/aromatic N) is 1. The van der Waals surface area contributed by atoms with E-state index in [1.807, 2.05) is 12.1 Å². The maximum absolute atomic E-state index is 6.24. The molecule has 3 heteroatoms. The summed E-state index contributed by atoms with van der Waals surface area (Å²) in [7, 11) is 2.16. The van der Waals surface area contributed by atoms with E-state index >= 15 is 0 Å². The van der Waals surface area contributed by atoms with Crippen LogP contribution in [0.15, 0.2) is 24.3 Å². The van der Waals surface area contributed by atoms with Gasteiger partial charge >= 0.3 is 0 Å². The number of halogens is 1. The van der Waals surface area contributed by atoms with E-state index < -0.39 is 0 Å². The molecule has 19 heavy (non-hydrogen) atoms. The van der Waals surface area contributed by atoms with Crippen molar-refractivity contribution in [1.82, 2.24) is 10.2 Å². The second-order valence-corrected chi connectivity index (χ2v) is 6.04. The van der Waals surface area contributed by atoms with Crippen LogP contribution in [-0.4, -0.2) is 31.6 Å². The Kier molecular flexibility index (Phi) is 7.44. The van der Waals surface area contributed by atoms with Crippen LogP contribution >= 0.6 is 11.6 Å². The first-order valence-electron chi connectivity index (χ1n) is 7.17. The van der Waals surface area contributed by atoms with Crippen LogP contribution in [0.25, 0.3) is 0 Å². The van der Waals surface area contributed by atoms with E-state index in [-0.39, 0.29) is 0 Å². The van der Waals surface area contributed by atoms with Gasteiger partial charge in [0, 0.05) is 11.1 Å². The van der Waals surface area contributed by atoms with Crippen molar-refractivity contribution in [2.24, 2.45) is 5.92 Å². The van der Waals surface area contributed by atoms with Crippen molar-refractivity contribution in [3.8, 4) is 0 Å². The molecule has 0 amide bonds. The van der Waals surface area contributed by atoms with E-state index in [2.05, 4.69) is 50.2 Å². The van der Waals surface area contributed by atoms with Crippen molar-refractivity contribution in [3.05, 3.63) is 34.9 Å². The molecule has 1 unspecified atom stereocenters. The summed E-state index contributed by atoms with van der Waals surface area (Å²) < 4.78 is 0. The summed E-state index contributed by atoms with van der Waals surface area (Å²) in [5.41, 5.74) is 1.21. The Labute approximate surface area is 123 Å². The van der Waals surface area contributed by atoms with Crippen molar-refractivity contribution in [2.45, 2.75) is 33.2 Å². The summed E-state index contributed by atoms with van der Waals surface area (Å²) in [6.07, 6.45) is 1.16. The molecular formula is C16H27ClN2. The van der Waals surface area contributed by atoms with E-state index in [4.69, 9.17) is 11.6 Å². The van der Waals surface area contributed by atoms with Gasteiger partial charge in [-0.2, -0.15) is 0 Å². The highest BCUT2D eigenvalue weighted by Gasteiger charge is 2.13. The van der Waals surface area contributed by atoms with Gasteiger partial charge in [-0.05, 0) is 57.6 Å². The molecule has 0 radical (unpaired) electrons. The number of hydrogen-bond donors (Lipinski definition) is 1. The maximum Gasteiger partial charge on any atom is 0.0453 e. The van der Waals surface area contributed by atoms with Crippen molar-refractivity contribution in [1.29, 1.82) is 0 Å². The first-order valence-corrected chi connectivity index (χ1v) is 7.55. The van der Waals surface area contributed by atoms with Crippen molar-refractivity contribution < 1.29 is 0 Å². The molecule has 0 aliphatic heterocycles. The SMILES string of the molecule is CC(C)CNCCCN(C)C(C)c1ccccc1Cl. The summed E-state index contributed by atoms with van der Waals surface area (Å²) in [5.74, 6) is 0.722. The lowest BCUT2D eigenvalue weighted by Crippen LogP contribution is -2.28. The van der Waals surface area contributed by atoms with E-state index in [0.717, 1.165) is 37.0 Å². The lowest BCUT2D eigenvalue weighted by molar-refractivity contribution is 0.257. The lowest BCUT2D eigenvalue weighted by atomic mass is 10.1. The molecule has 0 aromatic heterocycles.